The fourth-order valence-electron chi connectivity index (χ4n) is 3.13. The van der Waals surface area contributed by atoms with Crippen molar-refractivity contribution in [1.82, 2.24) is 14.7 Å². The lowest BCUT2D eigenvalue weighted by Crippen LogP contribution is -2.19. The van der Waals surface area contributed by atoms with Crippen molar-refractivity contribution in [3.63, 3.8) is 0 Å². The fraction of sp³-hybridized carbons (Fsp3) is 0.174. The Hall–Kier alpha value is -3.38. The number of hydrogen-bond acceptors (Lipinski definition) is 5. The van der Waals surface area contributed by atoms with Gasteiger partial charge >= 0.3 is 5.35 Å². The average Bonchev–Trinajstić information content (AvgIpc) is 3.21. The highest BCUT2D eigenvalue weighted by Gasteiger charge is 2.13. The summed E-state index contributed by atoms with van der Waals surface area (Å²) in [5.74, 6) is 0.398. The predicted molar refractivity (Wildman–Crippen MR) is 121 cm³/mol. The van der Waals surface area contributed by atoms with E-state index in [1.807, 2.05) is 87.4 Å². The Morgan fingerprint density at radius 1 is 0.933 bits per heavy atom. The predicted octanol–water partition coefficient (Wildman–Crippen LogP) is 5.30. The molecule has 6 nitrogen and oxygen atoms in total. The first-order valence-corrected chi connectivity index (χ1v) is 10.0. The van der Waals surface area contributed by atoms with Gasteiger partial charge in [0.1, 0.15) is 0 Å². The van der Waals surface area contributed by atoms with Gasteiger partial charge in [-0.1, -0.05) is 43.3 Å². The van der Waals surface area contributed by atoms with Crippen LogP contribution in [-0.4, -0.2) is 28.8 Å². The quantitative estimate of drug-likeness (QED) is 0.446. The Labute approximate surface area is 180 Å². The van der Waals surface area contributed by atoms with Crippen molar-refractivity contribution in [2.75, 3.05) is 19.0 Å². The van der Waals surface area contributed by atoms with Gasteiger partial charge in [0.15, 0.2) is 0 Å². The first kappa shape index (κ1) is 21.3. The van der Waals surface area contributed by atoms with Crippen LogP contribution in [0.2, 0.25) is 5.35 Å². The third kappa shape index (κ3) is 4.28. The molecule has 30 heavy (non-hydrogen) atoms. The van der Waals surface area contributed by atoms with E-state index in [-0.39, 0.29) is 10.9 Å². The molecule has 0 fully saturated rings. The Kier molecular flexibility index (Phi) is 6.69. The minimum Gasteiger partial charge on any atom is -0.377 e. The van der Waals surface area contributed by atoms with Crippen LogP contribution in [0.5, 0.6) is 0 Å². The van der Waals surface area contributed by atoms with Crippen LogP contribution in [0.3, 0.4) is 0 Å². The van der Waals surface area contributed by atoms with Gasteiger partial charge in [0.05, 0.1) is 5.69 Å². The zero-order valence-electron chi connectivity index (χ0n) is 17.3. The van der Waals surface area contributed by atoms with E-state index < -0.39 is 0 Å². The molecule has 0 N–H and O–H groups in total. The molecule has 0 saturated carbocycles. The summed E-state index contributed by atoms with van der Waals surface area (Å²) in [6.07, 6.45) is 0. The summed E-state index contributed by atoms with van der Waals surface area (Å²) >= 11 is 5.70. The zero-order valence-corrected chi connectivity index (χ0v) is 18.1. The lowest BCUT2D eigenvalue weighted by Gasteiger charge is -2.20. The number of benzene rings is 2. The van der Waals surface area contributed by atoms with Gasteiger partial charge in [-0.25, -0.2) is 0 Å². The third-order valence-electron chi connectivity index (χ3n) is 4.40. The lowest BCUT2D eigenvalue weighted by molar-refractivity contribution is 0.421. The maximum absolute atomic E-state index is 12.7. The number of hydrogen-bond donors (Lipinski definition) is 0. The van der Waals surface area contributed by atoms with Gasteiger partial charge in [0.2, 0.25) is 5.82 Å². The zero-order chi connectivity index (χ0) is 21.7. The van der Waals surface area contributed by atoms with E-state index in [1.54, 1.807) is 16.7 Å². The van der Waals surface area contributed by atoms with Crippen LogP contribution in [0.1, 0.15) is 13.8 Å². The number of rotatable bonds is 4. The second-order valence-corrected chi connectivity index (χ2v) is 6.74. The number of para-hydroxylation sites is 1. The summed E-state index contributed by atoms with van der Waals surface area (Å²) in [7, 11) is 3.96. The normalized spacial score (nSPS) is 10.3. The molecule has 4 rings (SSSR count). The smallest absolute Gasteiger partial charge is 0.320 e. The van der Waals surface area contributed by atoms with E-state index in [0.29, 0.717) is 5.82 Å². The molecule has 0 saturated heterocycles. The molecule has 0 aliphatic heterocycles. The van der Waals surface area contributed by atoms with E-state index >= 15 is 0 Å². The molecule has 0 amide bonds. The lowest BCUT2D eigenvalue weighted by atomic mass is 10.1. The van der Waals surface area contributed by atoms with Crippen LogP contribution >= 0.6 is 11.6 Å². The molecule has 4 aromatic rings. The number of halogens is 1. The molecule has 0 aliphatic rings. The van der Waals surface area contributed by atoms with Crippen molar-refractivity contribution in [2.24, 2.45) is 0 Å². The molecule has 0 bridgehead atoms. The topological polar surface area (TPSA) is 64.2 Å². The monoisotopic (exact) mass is 422 g/mol. The number of anilines is 1. The third-order valence-corrected chi connectivity index (χ3v) is 4.55. The summed E-state index contributed by atoms with van der Waals surface area (Å²) in [4.78, 5) is 18.8. The molecule has 0 aliphatic carbocycles. The Morgan fingerprint density at radius 2 is 1.63 bits per heavy atom. The maximum Gasteiger partial charge on any atom is 0.320 e. The van der Waals surface area contributed by atoms with Gasteiger partial charge in [-0.15, -0.1) is 0 Å². The Bertz CT molecular complexity index is 1180. The highest BCUT2D eigenvalue weighted by molar-refractivity contribution is 6.27. The molecule has 0 radical (unpaired) electrons. The van der Waals surface area contributed by atoms with Crippen molar-refractivity contribution >= 4 is 17.3 Å². The van der Waals surface area contributed by atoms with Gasteiger partial charge in [0, 0.05) is 42.7 Å². The van der Waals surface area contributed by atoms with Crippen LogP contribution in [0, 0.1) is 0 Å². The summed E-state index contributed by atoms with van der Waals surface area (Å²) in [6.45, 7) is 4.00. The van der Waals surface area contributed by atoms with Crippen molar-refractivity contribution < 1.29 is 4.52 Å². The second kappa shape index (κ2) is 9.41. The first-order valence-electron chi connectivity index (χ1n) is 9.63. The molecule has 2 aromatic heterocycles. The van der Waals surface area contributed by atoms with Gasteiger partial charge in [-0.05, 0) is 48.0 Å². The van der Waals surface area contributed by atoms with Gasteiger partial charge < -0.3 is 9.42 Å². The number of aromatic nitrogens is 3. The number of nitrogens with zero attached hydrogens (tertiary/aromatic N) is 4. The summed E-state index contributed by atoms with van der Waals surface area (Å²) in [5, 5.41) is 3.80. The minimum absolute atomic E-state index is 0.0130. The van der Waals surface area contributed by atoms with E-state index in [1.165, 1.54) is 0 Å². The van der Waals surface area contributed by atoms with Crippen LogP contribution in [-0.2, 0) is 0 Å². The van der Waals surface area contributed by atoms with Crippen molar-refractivity contribution in [3.8, 4) is 28.3 Å². The van der Waals surface area contributed by atoms with Crippen LogP contribution in [0.15, 0.2) is 76.0 Å². The molecular formula is C23H23ClN4O2. The van der Waals surface area contributed by atoms with Gasteiger partial charge in [-0.2, -0.15) is 4.98 Å². The fourth-order valence-corrected chi connectivity index (χ4v) is 3.24. The van der Waals surface area contributed by atoms with Crippen molar-refractivity contribution in [2.45, 2.75) is 13.8 Å². The molecular weight excluding hydrogens is 400 g/mol. The molecule has 0 unspecified atom stereocenters. The molecule has 7 heteroatoms. The second-order valence-electron chi connectivity index (χ2n) is 6.41. The molecule has 0 atom stereocenters. The van der Waals surface area contributed by atoms with E-state index in [2.05, 4.69) is 10.1 Å². The van der Waals surface area contributed by atoms with Crippen LogP contribution in [0.25, 0.3) is 28.3 Å². The summed E-state index contributed by atoms with van der Waals surface area (Å²) in [5.41, 5.74) is 4.19. The summed E-state index contributed by atoms with van der Waals surface area (Å²) < 4.78 is 6.50. The van der Waals surface area contributed by atoms with Crippen LogP contribution < -0.4 is 10.5 Å². The van der Waals surface area contributed by atoms with Crippen LogP contribution in [0.4, 0.5) is 5.69 Å². The van der Waals surface area contributed by atoms with Gasteiger partial charge in [0.25, 0.3) is 5.56 Å². The van der Waals surface area contributed by atoms with E-state index in [0.717, 1.165) is 28.2 Å². The summed E-state index contributed by atoms with van der Waals surface area (Å²) in [6, 6.07) is 20.6. The first-order chi connectivity index (χ1) is 14.5. The van der Waals surface area contributed by atoms with Gasteiger partial charge in [-0.3, -0.25) is 9.36 Å². The Morgan fingerprint density at radius 3 is 2.27 bits per heavy atom. The SMILES string of the molecule is CC.CN(C)c1ccccc1-c1cccc(=O)n1-c1ccc(-c2noc(Cl)n2)cc1. The molecule has 0 spiro atoms. The largest absolute Gasteiger partial charge is 0.377 e. The maximum atomic E-state index is 12.7. The standard InChI is InChI=1S/C21H17ClN4O2.C2H6/c1-25(2)17-7-4-3-6-16(17)18-8-5-9-19(27)26(18)15-12-10-14(11-13-15)20-23-21(22)28-24-20;1-2/h3-13H,1-2H3;1-2H3. The highest BCUT2D eigenvalue weighted by Crippen LogP contribution is 2.30. The highest BCUT2D eigenvalue weighted by atomic mass is 35.5. The van der Waals surface area contributed by atoms with E-state index in [9.17, 15) is 4.79 Å². The number of pyridine rings is 1. The van der Waals surface area contributed by atoms with E-state index in [4.69, 9.17) is 16.1 Å². The average molecular weight is 423 g/mol. The minimum atomic E-state index is -0.110. The molecule has 2 heterocycles. The molecule has 2 aromatic carbocycles. The Balaban J connectivity index is 0.00000124. The van der Waals surface area contributed by atoms with Crippen molar-refractivity contribution in [1.29, 1.82) is 0 Å². The molecule has 154 valence electrons. The van der Waals surface area contributed by atoms with Crippen molar-refractivity contribution in [3.05, 3.63) is 82.4 Å².